The van der Waals surface area contributed by atoms with Crippen LogP contribution in [0.4, 0.5) is 15.9 Å². The molecule has 0 atom stereocenters. The standard InChI is InChI=1S/C14H18FN3O/c1-5-12-9(2)14(18(3)17-12)16-10-6-7-13(19-4)11(15)8-10/h6-8,16H,5H2,1-4H3. The van der Waals surface area contributed by atoms with Crippen LogP contribution in [0.2, 0.25) is 0 Å². The molecule has 0 aliphatic carbocycles. The Morgan fingerprint density at radius 2 is 2.16 bits per heavy atom. The van der Waals surface area contributed by atoms with Crippen LogP contribution in [0.3, 0.4) is 0 Å². The minimum absolute atomic E-state index is 0.238. The Labute approximate surface area is 112 Å². The molecule has 1 aromatic heterocycles. The van der Waals surface area contributed by atoms with E-state index in [2.05, 4.69) is 17.3 Å². The summed E-state index contributed by atoms with van der Waals surface area (Å²) in [7, 11) is 3.32. The molecule has 2 aromatic rings. The first-order valence-corrected chi connectivity index (χ1v) is 6.19. The quantitative estimate of drug-likeness (QED) is 0.920. The molecule has 0 spiro atoms. The number of aryl methyl sites for hydroxylation is 2. The van der Waals surface area contributed by atoms with Crippen LogP contribution in [0.25, 0.3) is 0 Å². The Morgan fingerprint density at radius 1 is 1.42 bits per heavy atom. The van der Waals surface area contributed by atoms with Gasteiger partial charge in [0.15, 0.2) is 11.6 Å². The van der Waals surface area contributed by atoms with Crippen LogP contribution in [-0.4, -0.2) is 16.9 Å². The van der Waals surface area contributed by atoms with E-state index in [0.29, 0.717) is 5.69 Å². The van der Waals surface area contributed by atoms with Gasteiger partial charge in [-0.25, -0.2) is 4.39 Å². The first-order chi connectivity index (χ1) is 9.06. The highest BCUT2D eigenvalue weighted by Gasteiger charge is 2.12. The molecule has 4 nitrogen and oxygen atoms in total. The number of hydrogen-bond acceptors (Lipinski definition) is 3. The largest absolute Gasteiger partial charge is 0.494 e. The average molecular weight is 263 g/mol. The highest BCUT2D eigenvalue weighted by atomic mass is 19.1. The van der Waals surface area contributed by atoms with Crippen molar-refractivity contribution in [3.8, 4) is 5.75 Å². The summed E-state index contributed by atoms with van der Waals surface area (Å²) in [5, 5.41) is 7.61. The summed E-state index contributed by atoms with van der Waals surface area (Å²) >= 11 is 0. The third-order valence-corrected chi connectivity index (χ3v) is 3.13. The maximum absolute atomic E-state index is 13.6. The van der Waals surface area contributed by atoms with E-state index >= 15 is 0 Å². The van der Waals surface area contributed by atoms with Gasteiger partial charge in [0.2, 0.25) is 0 Å². The molecule has 0 saturated carbocycles. The molecular formula is C14H18FN3O. The van der Waals surface area contributed by atoms with E-state index < -0.39 is 0 Å². The fourth-order valence-electron chi connectivity index (χ4n) is 2.08. The molecule has 0 aliphatic rings. The van der Waals surface area contributed by atoms with Crippen molar-refractivity contribution in [2.24, 2.45) is 7.05 Å². The molecule has 1 N–H and O–H groups in total. The topological polar surface area (TPSA) is 39.1 Å². The molecule has 0 radical (unpaired) electrons. The summed E-state index contributed by atoms with van der Waals surface area (Å²) in [5.41, 5.74) is 2.80. The van der Waals surface area contributed by atoms with Gasteiger partial charge >= 0.3 is 0 Å². The molecule has 1 heterocycles. The lowest BCUT2D eigenvalue weighted by atomic mass is 10.2. The third kappa shape index (κ3) is 2.54. The van der Waals surface area contributed by atoms with Crippen LogP contribution in [-0.2, 0) is 13.5 Å². The van der Waals surface area contributed by atoms with E-state index in [0.717, 1.165) is 23.5 Å². The summed E-state index contributed by atoms with van der Waals surface area (Å²) in [5.74, 6) is 0.728. The van der Waals surface area contributed by atoms with Crippen LogP contribution in [0.1, 0.15) is 18.2 Å². The predicted octanol–water partition coefficient (Wildman–Crippen LogP) is 3.18. The molecule has 0 bridgehead atoms. The molecule has 0 aliphatic heterocycles. The summed E-state index contributed by atoms with van der Waals surface area (Å²) in [6.07, 6.45) is 0.873. The second-order valence-corrected chi connectivity index (χ2v) is 4.37. The highest BCUT2D eigenvalue weighted by Crippen LogP contribution is 2.26. The molecule has 0 fully saturated rings. The van der Waals surface area contributed by atoms with E-state index in [9.17, 15) is 4.39 Å². The Kier molecular flexibility index (Phi) is 3.74. The molecule has 0 unspecified atom stereocenters. The van der Waals surface area contributed by atoms with Crippen molar-refractivity contribution < 1.29 is 9.13 Å². The van der Waals surface area contributed by atoms with Gasteiger partial charge in [-0.15, -0.1) is 0 Å². The van der Waals surface area contributed by atoms with Crippen LogP contribution < -0.4 is 10.1 Å². The zero-order valence-corrected chi connectivity index (χ0v) is 11.6. The number of rotatable bonds is 4. The molecule has 1 aromatic carbocycles. The van der Waals surface area contributed by atoms with Gasteiger partial charge in [-0.2, -0.15) is 5.10 Å². The van der Waals surface area contributed by atoms with Crippen molar-refractivity contribution in [3.05, 3.63) is 35.3 Å². The first-order valence-electron chi connectivity index (χ1n) is 6.19. The lowest BCUT2D eigenvalue weighted by Gasteiger charge is -2.09. The fourth-order valence-corrected chi connectivity index (χ4v) is 2.08. The van der Waals surface area contributed by atoms with Gasteiger partial charge in [-0.3, -0.25) is 4.68 Å². The first kappa shape index (κ1) is 13.4. The molecule has 0 amide bonds. The van der Waals surface area contributed by atoms with E-state index in [1.807, 2.05) is 14.0 Å². The van der Waals surface area contributed by atoms with Crippen LogP contribution in [0.15, 0.2) is 18.2 Å². The molecule has 102 valence electrons. The number of aromatic nitrogens is 2. The third-order valence-electron chi connectivity index (χ3n) is 3.13. The second-order valence-electron chi connectivity index (χ2n) is 4.37. The van der Waals surface area contributed by atoms with Crippen molar-refractivity contribution in [2.75, 3.05) is 12.4 Å². The Balaban J connectivity index is 2.31. The van der Waals surface area contributed by atoms with E-state index in [-0.39, 0.29) is 11.6 Å². The van der Waals surface area contributed by atoms with Gasteiger partial charge in [-0.1, -0.05) is 6.92 Å². The van der Waals surface area contributed by atoms with Gasteiger partial charge in [0.05, 0.1) is 12.8 Å². The minimum Gasteiger partial charge on any atom is -0.494 e. The zero-order chi connectivity index (χ0) is 14.0. The Bertz CT molecular complexity index is 593. The average Bonchev–Trinajstić information content (AvgIpc) is 2.66. The number of nitrogens with one attached hydrogen (secondary N) is 1. The number of hydrogen-bond donors (Lipinski definition) is 1. The lowest BCUT2D eigenvalue weighted by Crippen LogP contribution is -2.01. The van der Waals surface area contributed by atoms with Gasteiger partial charge in [0.25, 0.3) is 0 Å². The van der Waals surface area contributed by atoms with Crippen molar-refractivity contribution in [3.63, 3.8) is 0 Å². The van der Waals surface area contributed by atoms with Crippen molar-refractivity contribution >= 4 is 11.5 Å². The van der Waals surface area contributed by atoms with E-state index in [4.69, 9.17) is 4.74 Å². The lowest BCUT2D eigenvalue weighted by molar-refractivity contribution is 0.386. The fraction of sp³-hybridized carbons (Fsp3) is 0.357. The summed E-state index contributed by atoms with van der Waals surface area (Å²) < 4.78 is 20.3. The van der Waals surface area contributed by atoms with Crippen LogP contribution in [0.5, 0.6) is 5.75 Å². The number of methoxy groups -OCH3 is 1. The van der Waals surface area contributed by atoms with Crippen molar-refractivity contribution in [1.82, 2.24) is 9.78 Å². The monoisotopic (exact) mass is 263 g/mol. The van der Waals surface area contributed by atoms with Gasteiger partial charge in [-0.05, 0) is 25.5 Å². The predicted molar refractivity (Wildman–Crippen MR) is 73.6 cm³/mol. The summed E-state index contributed by atoms with van der Waals surface area (Å²) in [4.78, 5) is 0. The van der Waals surface area contributed by atoms with E-state index in [1.54, 1.807) is 16.8 Å². The smallest absolute Gasteiger partial charge is 0.167 e. The van der Waals surface area contributed by atoms with Gasteiger partial charge in [0, 0.05) is 24.4 Å². The maximum atomic E-state index is 13.6. The Hall–Kier alpha value is -2.04. The van der Waals surface area contributed by atoms with E-state index in [1.165, 1.54) is 13.2 Å². The molecule has 19 heavy (non-hydrogen) atoms. The molecule has 0 saturated heterocycles. The molecule has 5 heteroatoms. The summed E-state index contributed by atoms with van der Waals surface area (Å²) in [6.45, 7) is 4.07. The number of benzene rings is 1. The number of anilines is 2. The minimum atomic E-state index is -0.386. The highest BCUT2D eigenvalue weighted by molar-refractivity contribution is 5.61. The second kappa shape index (κ2) is 5.30. The number of ether oxygens (including phenoxy) is 1. The van der Waals surface area contributed by atoms with Crippen molar-refractivity contribution in [2.45, 2.75) is 20.3 Å². The molecule has 2 rings (SSSR count). The van der Waals surface area contributed by atoms with Gasteiger partial charge < -0.3 is 10.1 Å². The maximum Gasteiger partial charge on any atom is 0.167 e. The zero-order valence-electron chi connectivity index (χ0n) is 11.6. The SMILES string of the molecule is CCc1nn(C)c(Nc2ccc(OC)c(F)c2)c1C. The number of halogens is 1. The Morgan fingerprint density at radius 3 is 2.68 bits per heavy atom. The number of nitrogens with zero attached hydrogens (tertiary/aromatic N) is 2. The van der Waals surface area contributed by atoms with Crippen molar-refractivity contribution in [1.29, 1.82) is 0 Å². The van der Waals surface area contributed by atoms with Gasteiger partial charge in [0.1, 0.15) is 5.82 Å². The van der Waals surface area contributed by atoms with Crippen LogP contribution >= 0.6 is 0 Å². The molecular weight excluding hydrogens is 245 g/mol. The summed E-state index contributed by atoms with van der Waals surface area (Å²) in [6, 6.07) is 4.79. The van der Waals surface area contributed by atoms with Crippen LogP contribution in [0, 0.1) is 12.7 Å². The normalized spacial score (nSPS) is 10.6.